The van der Waals surface area contributed by atoms with Crippen LogP contribution in [-0.4, -0.2) is 66.6 Å². The van der Waals surface area contributed by atoms with Gasteiger partial charge in [-0.15, -0.1) is 0 Å². The zero-order valence-electron chi connectivity index (χ0n) is 12.7. The van der Waals surface area contributed by atoms with Gasteiger partial charge < -0.3 is 10.0 Å². The van der Waals surface area contributed by atoms with Crippen LogP contribution in [0.2, 0.25) is 0 Å². The minimum absolute atomic E-state index is 0.752. The summed E-state index contributed by atoms with van der Waals surface area (Å²) in [4.78, 5) is 24.2. The van der Waals surface area contributed by atoms with Crippen LogP contribution in [0.25, 0.3) is 0 Å². The largest absolute Gasteiger partial charge is 0.490 e. The lowest BCUT2D eigenvalue weighted by molar-refractivity contribution is -0.192. The van der Waals surface area contributed by atoms with Crippen molar-refractivity contribution in [2.45, 2.75) is 12.7 Å². The third kappa shape index (κ3) is 7.25. The molecule has 1 fully saturated rings. The van der Waals surface area contributed by atoms with Gasteiger partial charge in [0.05, 0.1) is 0 Å². The van der Waals surface area contributed by atoms with E-state index in [-0.39, 0.29) is 0 Å². The molecular formula is C15H19F3N2O3. The second-order valence-electron chi connectivity index (χ2n) is 5.24. The van der Waals surface area contributed by atoms with E-state index in [1.165, 1.54) is 5.56 Å². The second kappa shape index (κ2) is 8.64. The third-order valence-corrected chi connectivity index (χ3v) is 3.36. The smallest absolute Gasteiger partial charge is 0.475 e. The van der Waals surface area contributed by atoms with Gasteiger partial charge in [-0.1, -0.05) is 24.3 Å². The molecule has 0 aliphatic carbocycles. The number of hydrogen-bond acceptors (Lipinski definition) is 4. The van der Waals surface area contributed by atoms with Crippen LogP contribution in [-0.2, 0) is 11.3 Å². The molecular weight excluding hydrogens is 313 g/mol. The predicted molar refractivity (Wildman–Crippen MR) is 78.3 cm³/mol. The number of aliphatic carboxylic acids is 1. The molecule has 1 aliphatic rings. The van der Waals surface area contributed by atoms with Gasteiger partial charge in [0.15, 0.2) is 0 Å². The molecule has 0 aromatic heterocycles. The minimum Gasteiger partial charge on any atom is -0.475 e. The average molecular weight is 332 g/mol. The second-order valence-corrected chi connectivity index (χ2v) is 5.24. The highest BCUT2D eigenvalue weighted by Crippen LogP contribution is 2.13. The highest BCUT2D eigenvalue weighted by Gasteiger charge is 2.38. The zero-order valence-corrected chi connectivity index (χ0v) is 12.7. The van der Waals surface area contributed by atoms with Crippen LogP contribution in [0.3, 0.4) is 0 Å². The lowest BCUT2D eigenvalue weighted by atomic mass is 10.1. The number of carbonyl (C=O) groups is 2. The van der Waals surface area contributed by atoms with Crippen molar-refractivity contribution in [2.24, 2.45) is 0 Å². The van der Waals surface area contributed by atoms with Crippen LogP contribution in [0.5, 0.6) is 0 Å². The van der Waals surface area contributed by atoms with Gasteiger partial charge in [-0.25, -0.2) is 4.79 Å². The van der Waals surface area contributed by atoms with E-state index in [0.29, 0.717) is 0 Å². The third-order valence-electron chi connectivity index (χ3n) is 3.36. The Morgan fingerprint density at radius 1 is 1.17 bits per heavy atom. The summed E-state index contributed by atoms with van der Waals surface area (Å²) in [7, 11) is 2.16. The molecule has 23 heavy (non-hydrogen) atoms. The summed E-state index contributed by atoms with van der Waals surface area (Å²) < 4.78 is 31.7. The molecule has 1 aromatic carbocycles. The van der Waals surface area contributed by atoms with E-state index in [9.17, 15) is 18.0 Å². The van der Waals surface area contributed by atoms with Gasteiger partial charge in [0.2, 0.25) is 0 Å². The molecule has 0 radical (unpaired) electrons. The Morgan fingerprint density at radius 3 is 2.04 bits per heavy atom. The first-order chi connectivity index (χ1) is 10.7. The summed E-state index contributed by atoms with van der Waals surface area (Å²) in [6.45, 7) is 5.55. The number of carboxylic acid groups (broad SMARTS) is 1. The number of piperazine rings is 1. The van der Waals surface area contributed by atoms with Gasteiger partial charge >= 0.3 is 12.1 Å². The number of hydrogen-bond donors (Lipinski definition) is 1. The number of carboxylic acids is 1. The van der Waals surface area contributed by atoms with Gasteiger partial charge in [-0.2, -0.15) is 13.2 Å². The van der Waals surface area contributed by atoms with Crippen LogP contribution < -0.4 is 0 Å². The summed E-state index contributed by atoms with van der Waals surface area (Å²) in [5.41, 5.74) is 2.04. The van der Waals surface area contributed by atoms with E-state index >= 15 is 0 Å². The molecule has 5 nitrogen and oxygen atoms in total. The van der Waals surface area contributed by atoms with Crippen LogP contribution in [0.15, 0.2) is 24.3 Å². The first-order valence-corrected chi connectivity index (χ1v) is 6.97. The molecule has 1 N–H and O–H groups in total. The molecule has 0 spiro atoms. The van der Waals surface area contributed by atoms with Crippen LogP contribution in [0.4, 0.5) is 13.2 Å². The topological polar surface area (TPSA) is 60.9 Å². The zero-order chi connectivity index (χ0) is 17.5. The monoisotopic (exact) mass is 332 g/mol. The Morgan fingerprint density at radius 2 is 1.65 bits per heavy atom. The van der Waals surface area contributed by atoms with Crippen molar-refractivity contribution in [1.29, 1.82) is 0 Å². The maximum Gasteiger partial charge on any atom is 0.490 e. The maximum absolute atomic E-state index is 10.6. The average Bonchev–Trinajstić information content (AvgIpc) is 2.50. The van der Waals surface area contributed by atoms with E-state index in [1.807, 2.05) is 24.3 Å². The molecule has 0 unspecified atom stereocenters. The van der Waals surface area contributed by atoms with E-state index in [2.05, 4.69) is 16.8 Å². The number of carbonyl (C=O) groups excluding carboxylic acids is 1. The summed E-state index contributed by atoms with van der Waals surface area (Å²) in [5.74, 6) is -2.76. The number of rotatable bonds is 3. The van der Waals surface area contributed by atoms with Crippen molar-refractivity contribution < 1.29 is 27.9 Å². The maximum atomic E-state index is 10.6. The van der Waals surface area contributed by atoms with Gasteiger partial charge in [-0.05, 0) is 12.6 Å². The van der Waals surface area contributed by atoms with Crippen molar-refractivity contribution in [3.63, 3.8) is 0 Å². The first-order valence-electron chi connectivity index (χ1n) is 6.97. The number of nitrogens with zero attached hydrogens (tertiary/aromatic N) is 2. The minimum atomic E-state index is -5.08. The summed E-state index contributed by atoms with van der Waals surface area (Å²) in [5, 5.41) is 7.12. The number of aldehydes is 1. The highest BCUT2D eigenvalue weighted by molar-refractivity contribution is 5.74. The van der Waals surface area contributed by atoms with Crippen molar-refractivity contribution >= 4 is 12.3 Å². The summed E-state index contributed by atoms with van der Waals surface area (Å²) in [6, 6.07) is 7.86. The van der Waals surface area contributed by atoms with E-state index in [0.717, 1.165) is 44.6 Å². The fourth-order valence-corrected chi connectivity index (χ4v) is 1.97. The molecule has 0 amide bonds. The molecule has 1 aliphatic heterocycles. The SMILES string of the molecule is CN1CCN(Cc2ccc(C=O)cc2)CC1.O=C(O)C(F)(F)F. The summed E-state index contributed by atoms with van der Waals surface area (Å²) >= 11 is 0. The Kier molecular flexibility index (Phi) is 7.18. The van der Waals surface area contributed by atoms with Gasteiger partial charge in [-0.3, -0.25) is 9.69 Å². The molecule has 128 valence electrons. The molecule has 1 aromatic rings. The predicted octanol–water partition coefficient (Wildman–Crippen LogP) is 1.88. The Bertz CT molecular complexity index is 510. The lowest BCUT2D eigenvalue weighted by Crippen LogP contribution is -2.43. The standard InChI is InChI=1S/C13H18N2O.C2HF3O2/c1-14-6-8-15(9-7-14)10-12-2-4-13(11-16)5-3-12;3-2(4,5)1(6)7/h2-5,11H,6-10H2,1H3;(H,6,7). The molecule has 1 heterocycles. The molecule has 8 heteroatoms. The van der Waals surface area contributed by atoms with Crippen molar-refractivity contribution in [2.75, 3.05) is 33.2 Å². The van der Waals surface area contributed by atoms with Gasteiger partial charge in [0.25, 0.3) is 0 Å². The number of benzene rings is 1. The molecule has 0 saturated carbocycles. The van der Waals surface area contributed by atoms with E-state index in [1.54, 1.807) is 0 Å². The van der Waals surface area contributed by atoms with Crippen molar-refractivity contribution in [3.8, 4) is 0 Å². The van der Waals surface area contributed by atoms with E-state index < -0.39 is 12.1 Å². The lowest BCUT2D eigenvalue weighted by Gasteiger charge is -2.32. The molecule has 0 atom stereocenters. The fourth-order valence-electron chi connectivity index (χ4n) is 1.97. The highest BCUT2D eigenvalue weighted by atomic mass is 19.4. The van der Waals surface area contributed by atoms with Crippen LogP contribution in [0.1, 0.15) is 15.9 Å². The molecule has 2 rings (SSSR count). The number of alkyl halides is 3. The number of likely N-dealkylation sites (N-methyl/N-ethyl adjacent to an activating group) is 1. The van der Waals surface area contributed by atoms with Gasteiger partial charge in [0, 0.05) is 38.3 Å². The van der Waals surface area contributed by atoms with Gasteiger partial charge in [0.1, 0.15) is 6.29 Å². The molecule has 0 bridgehead atoms. The van der Waals surface area contributed by atoms with Crippen LogP contribution in [0, 0.1) is 0 Å². The fraction of sp³-hybridized carbons (Fsp3) is 0.467. The normalized spacial score (nSPS) is 16.3. The van der Waals surface area contributed by atoms with Crippen molar-refractivity contribution in [1.82, 2.24) is 9.80 Å². The Balaban J connectivity index is 0.000000322. The first kappa shape index (κ1) is 19.1. The van der Waals surface area contributed by atoms with Crippen molar-refractivity contribution in [3.05, 3.63) is 35.4 Å². The summed E-state index contributed by atoms with van der Waals surface area (Å²) in [6.07, 6.45) is -4.19. The molecule has 1 saturated heterocycles. The Hall–Kier alpha value is -1.93. The number of halogens is 3. The Labute approximate surface area is 132 Å². The van der Waals surface area contributed by atoms with E-state index in [4.69, 9.17) is 9.90 Å². The quantitative estimate of drug-likeness (QED) is 0.857. The van der Waals surface area contributed by atoms with Crippen LogP contribution >= 0.6 is 0 Å².